The van der Waals surface area contributed by atoms with Crippen LogP contribution < -0.4 is 9.47 Å². The SMILES string of the molecule is O=C(c1cnn2c1OCCC2)N1CCCC(Oc2cccnn2)C1. The number of aromatic nitrogens is 4. The topological polar surface area (TPSA) is 82.4 Å². The molecular weight excluding hydrogens is 310 g/mol. The molecule has 2 aliphatic heterocycles. The van der Waals surface area contributed by atoms with Crippen molar-refractivity contribution in [3.05, 3.63) is 30.1 Å². The highest BCUT2D eigenvalue weighted by molar-refractivity contribution is 5.96. The van der Waals surface area contributed by atoms with Gasteiger partial charge in [0.1, 0.15) is 11.7 Å². The third-order valence-corrected chi connectivity index (χ3v) is 4.28. The number of rotatable bonds is 3. The zero-order valence-corrected chi connectivity index (χ0v) is 13.3. The van der Waals surface area contributed by atoms with Gasteiger partial charge in [-0.15, -0.1) is 5.10 Å². The molecule has 2 aromatic rings. The molecule has 0 saturated carbocycles. The molecular formula is C16H19N5O3. The van der Waals surface area contributed by atoms with Crippen LogP contribution in [0.5, 0.6) is 11.8 Å². The highest BCUT2D eigenvalue weighted by atomic mass is 16.5. The molecule has 4 rings (SSSR count). The van der Waals surface area contributed by atoms with E-state index in [1.807, 2.05) is 0 Å². The van der Waals surface area contributed by atoms with E-state index in [9.17, 15) is 4.79 Å². The molecule has 8 heteroatoms. The van der Waals surface area contributed by atoms with E-state index in [1.165, 1.54) is 0 Å². The van der Waals surface area contributed by atoms with Gasteiger partial charge in [-0.05, 0) is 18.9 Å². The summed E-state index contributed by atoms with van der Waals surface area (Å²) in [4.78, 5) is 14.6. The molecule has 0 N–H and O–H groups in total. The van der Waals surface area contributed by atoms with Gasteiger partial charge in [0.25, 0.3) is 5.91 Å². The molecule has 0 aliphatic carbocycles. The van der Waals surface area contributed by atoms with Crippen LogP contribution >= 0.6 is 0 Å². The van der Waals surface area contributed by atoms with Crippen LogP contribution in [-0.4, -0.2) is 56.6 Å². The van der Waals surface area contributed by atoms with Crippen LogP contribution in [-0.2, 0) is 6.54 Å². The van der Waals surface area contributed by atoms with E-state index in [1.54, 1.807) is 34.1 Å². The maximum absolute atomic E-state index is 12.8. The Labute approximate surface area is 139 Å². The second-order valence-electron chi connectivity index (χ2n) is 5.98. The Bertz CT molecular complexity index is 718. The molecule has 0 radical (unpaired) electrons. The number of carbonyl (C=O) groups is 1. The van der Waals surface area contributed by atoms with Crippen LogP contribution in [0.15, 0.2) is 24.5 Å². The molecule has 1 saturated heterocycles. The fourth-order valence-electron chi connectivity index (χ4n) is 3.13. The third-order valence-electron chi connectivity index (χ3n) is 4.28. The fraction of sp³-hybridized carbons (Fsp3) is 0.500. The normalized spacial score (nSPS) is 20.2. The first-order valence-corrected chi connectivity index (χ1v) is 8.23. The predicted octanol–water partition coefficient (Wildman–Crippen LogP) is 1.14. The first kappa shape index (κ1) is 14.9. The summed E-state index contributed by atoms with van der Waals surface area (Å²) in [6.45, 7) is 2.66. The number of carbonyl (C=O) groups excluding carboxylic acids is 1. The maximum Gasteiger partial charge on any atom is 0.261 e. The summed E-state index contributed by atoms with van der Waals surface area (Å²) in [7, 11) is 0. The molecule has 0 bridgehead atoms. The zero-order valence-electron chi connectivity index (χ0n) is 13.3. The first-order valence-electron chi connectivity index (χ1n) is 8.23. The Kier molecular flexibility index (Phi) is 4.02. The Morgan fingerprint density at radius 2 is 2.29 bits per heavy atom. The summed E-state index contributed by atoms with van der Waals surface area (Å²) < 4.78 is 13.2. The van der Waals surface area contributed by atoms with E-state index >= 15 is 0 Å². The Balaban J connectivity index is 1.46. The molecule has 0 spiro atoms. The Hall–Kier alpha value is -2.64. The van der Waals surface area contributed by atoms with E-state index in [4.69, 9.17) is 9.47 Å². The zero-order chi connectivity index (χ0) is 16.4. The number of likely N-dealkylation sites (tertiary alicyclic amines) is 1. The molecule has 2 aromatic heterocycles. The van der Waals surface area contributed by atoms with Gasteiger partial charge in [-0.25, -0.2) is 4.68 Å². The lowest BCUT2D eigenvalue weighted by Gasteiger charge is -2.32. The van der Waals surface area contributed by atoms with Crippen molar-refractivity contribution in [2.75, 3.05) is 19.7 Å². The van der Waals surface area contributed by atoms with E-state index in [2.05, 4.69) is 15.3 Å². The maximum atomic E-state index is 12.8. The van der Waals surface area contributed by atoms with E-state index in [0.717, 1.165) is 25.8 Å². The van der Waals surface area contributed by atoms with Crippen LogP contribution in [0.25, 0.3) is 0 Å². The van der Waals surface area contributed by atoms with Crippen LogP contribution in [0.2, 0.25) is 0 Å². The van der Waals surface area contributed by atoms with Gasteiger partial charge in [0.05, 0.1) is 19.3 Å². The van der Waals surface area contributed by atoms with Crippen molar-refractivity contribution < 1.29 is 14.3 Å². The molecule has 8 nitrogen and oxygen atoms in total. The second-order valence-corrected chi connectivity index (χ2v) is 5.98. The number of fused-ring (bicyclic) bond motifs is 1. The Morgan fingerprint density at radius 1 is 1.33 bits per heavy atom. The van der Waals surface area contributed by atoms with Crippen LogP contribution in [0, 0.1) is 0 Å². The van der Waals surface area contributed by atoms with Gasteiger partial charge in [-0.3, -0.25) is 4.79 Å². The molecule has 1 fully saturated rings. The predicted molar refractivity (Wildman–Crippen MR) is 83.9 cm³/mol. The van der Waals surface area contributed by atoms with Crippen molar-refractivity contribution in [2.45, 2.75) is 31.9 Å². The number of hydrogen-bond donors (Lipinski definition) is 0. The van der Waals surface area contributed by atoms with Crippen LogP contribution in [0.3, 0.4) is 0 Å². The van der Waals surface area contributed by atoms with Gasteiger partial charge >= 0.3 is 0 Å². The summed E-state index contributed by atoms with van der Waals surface area (Å²) in [5.74, 6) is 1.02. The molecule has 1 amide bonds. The molecule has 126 valence electrons. The quantitative estimate of drug-likeness (QED) is 0.840. The standard InChI is InChI=1S/C16H19N5O3/c22-15(13-10-18-21-8-3-9-23-16(13)21)20-7-2-4-12(11-20)24-14-5-1-6-17-19-14/h1,5-6,10,12H,2-4,7-9,11H2. The fourth-order valence-corrected chi connectivity index (χ4v) is 3.13. The van der Waals surface area contributed by atoms with Gasteiger partial charge in [0.15, 0.2) is 0 Å². The largest absolute Gasteiger partial charge is 0.477 e. The van der Waals surface area contributed by atoms with Gasteiger partial charge in [-0.2, -0.15) is 10.2 Å². The van der Waals surface area contributed by atoms with Crippen molar-refractivity contribution in [1.29, 1.82) is 0 Å². The summed E-state index contributed by atoms with van der Waals surface area (Å²) in [6.07, 6.45) is 5.83. The monoisotopic (exact) mass is 329 g/mol. The van der Waals surface area contributed by atoms with Gasteiger partial charge < -0.3 is 14.4 Å². The summed E-state index contributed by atoms with van der Waals surface area (Å²) in [6, 6.07) is 3.56. The van der Waals surface area contributed by atoms with Crippen LogP contribution in [0.1, 0.15) is 29.6 Å². The minimum Gasteiger partial charge on any atom is -0.477 e. The highest BCUT2D eigenvalue weighted by Gasteiger charge is 2.30. The number of aryl methyl sites for hydroxylation is 1. The minimum atomic E-state index is -0.0771. The van der Waals surface area contributed by atoms with Crippen molar-refractivity contribution in [1.82, 2.24) is 24.9 Å². The number of piperidine rings is 1. The van der Waals surface area contributed by atoms with Gasteiger partial charge in [0.2, 0.25) is 11.8 Å². The lowest BCUT2D eigenvalue weighted by atomic mass is 10.1. The summed E-state index contributed by atoms with van der Waals surface area (Å²) in [5.41, 5.74) is 0.537. The summed E-state index contributed by atoms with van der Waals surface area (Å²) >= 11 is 0. The van der Waals surface area contributed by atoms with E-state index in [0.29, 0.717) is 37.0 Å². The molecule has 24 heavy (non-hydrogen) atoms. The first-order chi connectivity index (χ1) is 11.8. The smallest absolute Gasteiger partial charge is 0.261 e. The lowest BCUT2D eigenvalue weighted by molar-refractivity contribution is 0.0520. The number of nitrogens with zero attached hydrogens (tertiary/aromatic N) is 5. The molecule has 2 aliphatic rings. The lowest BCUT2D eigenvalue weighted by Crippen LogP contribution is -2.44. The third kappa shape index (κ3) is 2.91. The van der Waals surface area contributed by atoms with Crippen LogP contribution in [0.4, 0.5) is 0 Å². The van der Waals surface area contributed by atoms with Crippen molar-refractivity contribution in [3.63, 3.8) is 0 Å². The number of amides is 1. The number of hydrogen-bond acceptors (Lipinski definition) is 6. The van der Waals surface area contributed by atoms with Gasteiger partial charge in [-0.1, -0.05) is 0 Å². The summed E-state index contributed by atoms with van der Waals surface area (Å²) in [5, 5.41) is 12.0. The molecule has 4 heterocycles. The van der Waals surface area contributed by atoms with Gasteiger partial charge in [0, 0.05) is 31.8 Å². The average molecular weight is 329 g/mol. The molecule has 0 aromatic carbocycles. The molecule has 1 atom stereocenters. The van der Waals surface area contributed by atoms with Crippen molar-refractivity contribution in [3.8, 4) is 11.8 Å². The number of ether oxygens (including phenoxy) is 2. The minimum absolute atomic E-state index is 0.0504. The second kappa shape index (κ2) is 6.46. The average Bonchev–Trinajstić information content (AvgIpc) is 3.06. The van der Waals surface area contributed by atoms with Crippen molar-refractivity contribution in [2.24, 2.45) is 0 Å². The Morgan fingerprint density at radius 3 is 3.17 bits per heavy atom. The molecule has 1 unspecified atom stereocenters. The van der Waals surface area contributed by atoms with E-state index < -0.39 is 0 Å². The highest BCUT2D eigenvalue weighted by Crippen LogP contribution is 2.25. The van der Waals surface area contributed by atoms with Crippen molar-refractivity contribution >= 4 is 5.91 Å². The van der Waals surface area contributed by atoms with E-state index in [-0.39, 0.29) is 12.0 Å².